The van der Waals surface area contributed by atoms with Gasteiger partial charge in [0, 0.05) is 37.9 Å². The molecule has 1 aromatic rings. The Labute approximate surface area is 187 Å². The molecule has 1 N–H and O–H groups in total. The van der Waals surface area contributed by atoms with E-state index in [-0.39, 0.29) is 43.1 Å². The minimum Gasteiger partial charge on any atom is -0.493 e. The molecular weight excluding hydrogens is 428 g/mol. The van der Waals surface area contributed by atoms with Gasteiger partial charge in [0.05, 0.1) is 36.5 Å². The van der Waals surface area contributed by atoms with Crippen LogP contribution in [0, 0.1) is 5.92 Å². The number of hydrogen-bond acceptors (Lipinski definition) is 5. The number of aliphatic hydroxyl groups excluding tert-OH is 1. The summed E-state index contributed by atoms with van der Waals surface area (Å²) in [6.45, 7) is 7.63. The molecule has 2 fully saturated rings. The van der Waals surface area contributed by atoms with Gasteiger partial charge >= 0.3 is 0 Å². The van der Waals surface area contributed by atoms with Crippen LogP contribution in [0.5, 0.6) is 11.5 Å². The van der Waals surface area contributed by atoms with Crippen LogP contribution in [-0.4, -0.2) is 60.5 Å². The summed E-state index contributed by atoms with van der Waals surface area (Å²) in [6, 6.07) is 1.95. The van der Waals surface area contributed by atoms with Gasteiger partial charge in [0.25, 0.3) is 0 Å². The maximum absolute atomic E-state index is 13.1. The summed E-state index contributed by atoms with van der Waals surface area (Å²) in [6.07, 6.45) is 0.177. The number of piperidine rings is 1. The standard InChI is InChI=1S/C23H32ClF2NO4/c1-22(2,3)31-19-11-27-6-5-14-15(16(27)8-17(19)28)7-18(29-4)21(20(14)24)30-12-13-9-23(25,26)10-13/h7,13,16-17,19,28H,5-6,8-12H2,1-4H3/t16-,17-,19-/m1/s1. The zero-order valence-electron chi connectivity index (χ0n) is 18.6. The normalized spacial score (nSPS) is 28.5. The minimum absolute atomic E-state index is 0.0179. The van der Waals surface area contributed by atoms with Crippen molar-refractivity contribution in [2.45, 2.75) is 76.2 Å². The van der Waals surface area contributed by atoms with E-state index in [0.717, 1.165) is 24.1 Å². The number of rotatable bonds is 5. The highest BCUT2D eigenvalue weighted by Crippen LogP contribution is 2.48. The van der Waals surface area contributed by atoms with Crippen LogP contribution in [0.15, 0.2) is 6.07 Å². The van der Waals surface area contributed by atoms with Gasteiger partial charge in [-0.05, 0) is 50.8 Å². The van der Waals surface area contributed by atoms with Crippen molar-refractivity contribution in [1.29, 1.82) is 0 Å². The third-order valence-corrected chi connectivity index (χ3v) is 6.84. The van der Waals surface area contributed by atoms with Gasteiger partial charge in [-0.1, -0.05) is 11.6 Å². The highest BCUT2D eigenvalue weighted by Gasteiger charge is 2.46. The first-order valence-corrected chi connectivity index (χ1v) is 11.3. The second kappa shape index (κ2) is 8.32. The van der Waals surface area contributed by atoms with Crippen LogP contribution in [0.25, 0.3) is 0 Å². The Hall–Kier alpha value is -1.15. The van der Waals surface area contributed by atoms with Gasteiger partial charge < -0.3 is 19.3 Å². The Bertz CT molecular complexity index is 821. The van der Waals surface area contributed by atoms with Crippen molar-refractivity contribution < 1.29 is 28.1 Å². The van der Waals surface area contributed by atoms with Crippen molar-refractivity contribution in [3.05, 3.63) is 22.2 Å². The molecule has 0 amide bonds. The van der Waals surface area contributed by atoms with E-state index in [1.807, 2.05) is 26.8 Å². The topological polar surface area (TPSA) is 51.2 Å². The first-order chi connectivity index (χ1) is 14.5. The van der Waals surface area contributed by atoms with Gasteiger partial charge in [-0.25, -0.2) is 8.78 Å². The Kier molecular flexibility index (Phi) is 6.18. The fourth-order valence-corrected chi connectivity index (χ4v) is 5.36. The zero-order valence-corrected chi connectivity index (χ0v) is 19.3. The van der Waals surface area contributed by atoms with Crippen LogP contribution in [0.3, 0.4) is 0 Å². The molecule has 0 unspecified atom stereocenters. The lowest BCUT2D eigenvalue weighted by molar-refractivity contribution is -0.149. The number of methoxy groups -OCH3 is 1. The van der Waals surface area contributed by atoms with Crippen LogP contribution in [0.1, 0.15) is 57.2 Å². The van der Waals surface area contributed by atoms with E-state index < -0.39 is 12.0 Å². The smallest absolute Gasteiger partial charge is 0.248 e. The molecule has 1 saturated heterocycles. The average molecular weight is 460 g/mol. The van der Waals surface area contributed by atoms with Gasteiger partial charge in [-0.15, -0.1) is 0 Å². The Morgan fingerprint density at radius 1 is 1.29 bits per heavy atom. The van der Waals surface area contributed by atoms with Gasteiger partial charge in [0.2, 0.25) is 5.92 Å². The molecule has 2 aliphatic heterocycles. The summed E-state index contributed by atoms with van der Waals surface area (Å²) in [5, 5.41) is 11.3. The lowest BCUT2D eigenvalue weighted by atomic mass is 9.82. The highest BCUT2D eigenvalue weighted by molar-refractivity contribution is 6.33. The molecule has 31 heavy (non-hydrogen) atoms. The van der Waals surface area contributed by atoms with E-state index in [1.165, 1.54) is 0 Å². The summed E-state index contributed by atoms with van der Waals surface area (Å²) in [4.78, 5) is 2.33. The van der Waals surface area contributed by atoms with Crippen LogP contribution in [-0.2, 0) is 11.2 Å². The quantitative estimate of drug-likeness (QED) is 0.696. The largest absolute Gasteiger partial charge is 0.493 e. The van der Waals surface area contributed by atoms with Gasteiger partial charge in [0.1, 0.15) is 0 Å². The summed E-state index contributed by atoms with van der Waals surface area (Å²) >= 11 is 6.74. The summed E-state index contributed by atoms with van der Waals surface area (Å²) < 4.78 is 43.8. The lowest BCUT2D eigenvalue weighted by Gasteiger charge is -2.47. The fourth-order valence-electron chi connectivity index (χ4n) is 5.01. The second-order valence-electron chi connectivity index (χ2n) is 10.1. The van der Waals surface area contributed by atoms with Crippen molar-refractivity contribution in [2.75, 3.05) is 26.8 Å². The first-order valence-electron chi connectivity index (χ1n) is 11.0. The molecule has 1 aliphatic carbocycles. The fraction of sp³-hybridized carbons (Fsp3) is 0.739. The number of aliphatic hydroxyl groups is 1. The van der Waals surface area contributed by atoms with Crippen molar-refractivity contribution in [3.8, 4) is 11.5 Å². The number of fused-ring (bicyclic) bond motifs is 3. The molecule has 3 atom stereocenters. The molecule has 4 rings (SSSR count). The summed E-state index contributed by atoms with van der Waals surface area (Å²) in [5.41, 5.74) is 1.69. The molecule has 174 valence electrons. The molecule has 8 heteroatoms. The third-order valence-electron chi connectivity index (χ3n) is 6.44. The van der Waals surface area contributed by atoms with E-state index in [0.29, 0.717) is 29.5 Å². The second-order valence-corrected chi connectivity index (χ2v) is 10.4. The van der Waals surface area contributed by atoms with Gasteiger partial charge in [0.15, 0.2) is 11.5 Å². The number of alkyl halides is 2. The molecule has 3 aliphatic rings. The van der Waals surface area contributed by atoms with Crippen LogP contribution in [0.2, 0.25) is 5.02 Å². The molecule has 5 nitrogen and oxygen atoms in total. The zero-order chi connectivity index (χ0) is 22.6. The van der Waals surface area contributed by atoms with E-state index >= 15 is 0 Å². The third kappa shape index (κ3) is 4.80. The SMILES string of the molecule is COc1cc2c(c(Cl)c1OCC1CC(F)(F)C1)CCN1C[C@@H](OC(C)(C)C)[C@H](O)C[C@H]21. The molecule has 1 saturated carbocycles. The van der Waals surface area contributed by atoms with Crippen LogP contribution >= 0.6 is 11.6 Å². The maximum atomic E-state index is 13.1. The summed E-state index contributed by atoms with van der Waals surface area (Å²) in [5.74, 6) is -1.82. The monoisotopic (exact) mass is 459 g/mol. The van der Waals surface area contributed by atoms with Crippen molar-refractivity contribution >= 4 is 11.6 Å². The number of nitrogens with zero attached hydrogens (tertiary/aromatic N) is 1. The van der Waals surface area contributed by atoms with Gasteiger partial charge in [-0.3, -0.25) is 4.90 Å². The molecule has 0 bridgehead atoms. The number of ether oxygens (including phenoxy) is 3. The van der Waals surface area contributed by atoms with Crippen molar-refractivity contribution in [3.63, 3.8) is 0 Å². The lowest BCUT2D eigenvalue weighted by Crippen LogP contribution is -2.53. The molecular formula is C23H32ClF2NO4. The summed E-state index contributed by atoms with van der Waals surface area (Å²) in [7, 11) is 1.55. The van der Waals surface area contributed by atoms with Crippen molar-refractivity contribution in [2.24, 2.45) is 5.92 Å². The maximum Gasteiger partial charge on any atom is 0.248 e. The highest BCUT2D eigenvalue weighted by atomic mass is 35.5. The van der Waals surface area contributed by atoms with Crippen LogP contribution in [0.4, 0.5) is 8.78 Å². The molecule has 1 aromatic carbocycles. The molecule has 2 heterocycles. The van der Waals surface area contributed by atoms with E-state index in [9.17, 15) is 13.9 Å². The molecule has 0 radical (unpaired) electrons. The van der Waals surface area contributed by atoms with Crippen LogP contribution < -0.4 is 9.47 Å². The molecule has 0 spiro atoms. The van der Waals surface area contributed by atoms with E-state index in [4.69, 9.17) is 25.8 Å². The van der Waals surface area contributed by atoms with E-state index in [2.05, 4.69) is 4.90 Å². The van der Waals surface area contributed by atoms with E-state index in [1.54, 1.807) is 7.11 Å². The predicted octanol–water partition coefficient (Wildman–Crippen LogP) is 4.62. The number of halogens is 3. The molecule has 0 aromatic heterocycles. The number of hydrogen-bond donors (Lipinski definition) is 1. The Balaban J connectivity index is 1.54. The predicted molar refractivity (Wildman–Crippen MR) is 114 cm³/mol. The first kappa shape index (κ1) is 23.0. The minimum atomic E-state index is -2.57. The Morgan fingerprint density at radius 3 is 2.61 bits per heavy atom. The number of benzene rings is 1. The average Bonchev–Trinajstić information content (AvgIpc) is 2.64. The van der Waals surface area contributed by atoms with Gasteiger partial charge in [-0.2, -0.15) is 0 Å². The van der Waals surface area contributed by atoms with Crippen molar-refractivity contribution in [1.82, 2.24) is 4.90 Å². The Morgan fingerprint density at radius 2 is 2.00 bits per heavy atom.